The molecule has 1 amide bonds. The molecule has 1 aromatic carbocycles. The molecule has 0 saturated carbocycles. The van der Waals surface area contributed by atoms with E-state index in [1.807, 2.05) is 24.0 Å². The molecule has 0 aliphatic carbocycles. The van der Waals surface area contributed by atoms with E-state index in [0.717, 1.165) is 63.5 Å². The predicted molar refractivity (Wildman–Crippen MR) is 97.6 cm³/mol. The lowest BCUT2D eigenvalue weighted by atomic mass is 10.1. The van der Waals surface area contributed by atoms with Crippen LogP contribution in [-0.4, -0.2) is 61.2 Å². The molecule has 25 heavy (non-hydrogen) atoms. The summed E-state index contributed by atoms with van der Waals surface area (Å²) >= 11 is 0. The Bertz CT molecular complexity index is 603. The zero-order chi connectivity index (χ0) is 17.6. The number of rotatable bonds is 6. The summed E-state index contributed by atoms with van der Waals surface area (Å²) < 4.78 is 11.2. The smallest absolute Gasteiger partial charge is 0.251 e. The second-order valence-corrected chi connectivity index (χ2v) is 7.00. The Balaban J connectivity index is 1.48. The first-order valence-corrected chi connectivity index (χ1v) is 9.10. The zero-order valence-electron chi connectivity index (χ0n) is 15.1. The Morgan fingerprint density at radius 1 is 1.32 bits per heavy atom. The molecule has 0 bridgehead atoms. The summed E-state index contributed by atoms with van der Waals surface area (Å²) in [6, 6.07) is 8.22. The van der Waals surface area contributed by atoms with E-state index in [0.29, 0.717) is 6.61 Å². The Morgan fingerprint density at radius 2 is 2.12 bits per heavy atom. The van der Waals surface area contributed by atoms with Gasteiger partial charge in [0.05, 0.1) is 0 Å². The van der Waals surface area contributed by atoms with Crippen LogP contribution in [0.4, 0.5) is 0 Å². The minimum atomic E-state index is -0.200. The van der Waals surface area contributed by atoms with Gasteiger partial charge < -0.3 is 14.4 Å². The number of piperazine rings is 1. The molecule has 2 saturated heterocycles. The third kappa shape index (κ3) is 5.06. The monoisotopic (exact) mass is 344 g/mol. The van der Waals surface area contributed by atoms with Crippen molar-refractivity contribution >= 4 is 5.91 Å². The zero-order valence-corrected chi connectivity index (χ0v) is 15.1. The Hall–Kier alpha value is -1.85. The maximum Gasteiger partial charge on any atom is 0.251 e. The average Bonchev–Trinajstić information content (AvgIpc) is 3.15. The van der Waals surface area contributed by atoms with Gasteiger partial charge in [-0.1, -0.05) is 18.7 Å². The molecule has 1 atom stereocenters. The minimum absolute atomic E-state index is 0.173. The molecule has 0 aromatic heterocycles. The van der Waals surface area contributed by atoms with Gasteiger partial charge in [0.1, 0.15) is 18.5 Å². The van der Waals surface area contributed by atoms with Crippen LogP contribution >= 0.6 is 0 Å². The lowest BCUT2D eigenvalue weighted by Gasteiger charge is -2.35. The van der Waals surface area contributed by atoms with E-state index in [4.69, 9.17) is 9.47 Å². The Labute approximate surface area is 150 Å². The summed E-state index contributed by atoms with van der Waals surface area (Å²) in [6.07, 6.45) is 1.67. The third-order valence-electron chi connectivity index (χ3n) is 4.68. The van der Waals surface area contributed by atoms with Crippen LogP contribution in [0.15, 0.2) is 36.4 Å². The van der Waals surface area contributed by atoms with Crippen molar-refractivity contribution in [3.05, 3.63) is 42.0 Å². The molecule has 2 heterocycles. The molecule has 2 aliphatic rings. The molecule has 2 aliphatic heterocycles. The SMILES string of the molecule is C=C(C)COc1cccc(CN2CCN(C(=O)[C@H]3CCCO3)CC2)c1. The van der Waals surface area contributed by atoms with Crippen molar-refractivity contribution in [1.29, 1.82) is 0 Å². The van der Waals surface area contributed by atoms with Crippen LogP contribution in [0.5, 0.6) is 5.75 Å². The van der Waals surface area contributed by atoms with Crippen molar-refractivity contribution in [3.8, 4) is 5.75 Å². The van der Waals surface area contributed by atoms with E-state index in [-0.39, 0.29) is 12.0 Å². The first kappa shape index (κ1) is 18.0. The van der Waals surface area contributed by atoms with Crippen molar-refractivity contribution in [1.82, 2.24) is 9.80 Å². The van der Waals surface area contributed by atoms with Crippen LogP contribution in [0.1, 0.15) is 25.3 Å². The molecule has 0 unspecified atom stereocenters. The number of amides is 1. The van der Waals surface area contributed by atoms with Gasteiger partial charge in [-0.3, -0.25) is 9.69 Å². The summed E-state index contributed by atoms with van der Waals surface area (Å²) in [6.45, 7) is 11.3. The number of hydrogen-bond acceptors (Lipinski definition) is 4. The molecule has 0 radical (unpaired) electrons. The second kappa shape index (κ2) is 8.50. The fraction of sp³-hybridized carbons (Fsp3) is 0.550. The van der Waals surface area contributed by atoms with E-state index >= 15 is 0 Å². The summed E-state index contributed by atoms with van der Waals surface area (Å²) in [5.41, 5.74) is 2.25. The van der Waals surface area contributed by atoms with Gasteiger partial charge in [-0.15, -0.1) is 0 Å². The molecule has 2 fully saturated rings. The molecular formula is C20H28N2O3. The topological polar surface area (TPSA) is 42.0 Å². The van der Waals surface area contributed by atoms with E-state index in [9.17, 15) is 4.79 Å². The normalized spacial score (nSPS) is 21.3. The van der Waals surface area contributed by atoms with Crippen LogP contribution < -0.4 is 4.74 Å². The van der Waals surface area contributed by atoms with Crippen LogP contribution in [0, 0.1) is 0 Å². The maximum atomic E-state index is 12.4. The molecule has 0 N–H and O–H groups in total. The predicted octanol–water partition coefficient (Wildman–Crippen LogP) is 2.46. The molecule has 3 rings (SSSR count). The minimum Gasteiger partial charge on any atom is -0.489 e. The van der Waals surface area contributed by atoms with Crippen LogP contribution in [0.25, 0.3) is 0 Å². The van der Waals surface area contributed by atoms with Crippen LogP contribution in [0.3, 0.4) is 0 Å². The molecular weight excluding hydrogens is 316 g/mol. The van der Waals surface area contributed by atoms with Gasteiger partial charge in [-0.25, -0.2) is 0 Å². The van der Waals surface area contributed by atoms with E-state index < -0.39 is 0 Å². The van der Waals surface area contributed by atoms with Gasteiger partial charge >= 0.3 is 0 Å². The Morgan fingerprint density at radius 3 is 2.80 bits per heavy atom. The number of hydrogen-bond donors (Lipinski definition) is 0. The maximum absolute atomic E-state index is 12.4. The van der Waals surface area contributed by atoms with Crippen molar-refractivity contribution < 1.29 is 14.3 Å². The van der Waals surface area contributed by atoms with Gasteiger partial charge in [0.25, 0.3) is 5.91 Å². The van der Waals surface area contributed by atoms with E-state index in [2.05, 4.69) is 23.6 Å². The van der Waals surface area contributed by atoms with Crippen molar-refractivity contribution in [2.75, 3.05) is 39.4 Å². The number of carbonyl (C=O) groups is 1. The quantitative estimate of drug-likeness (QED) is 0.744. The highest BCUT2D eigenvalue weighted by Crippen LogP contribution is 2.18. The highest BCUT2D eigenvalue weighted by Gasteiger charge is 2.30. The highest BCUT2D eigenvalue weighted by atomic mass is 16.5. The fourth-order valence-electron chi connectivity index (χ4n) is 3.30. The van der Waals surface area contributed by atoms with Crippen molar-refractivity contribution in [3.63, 3.8) is 0 Å². The van der Waals surface area contributed by atoms with E-state index in [1.165, 1.54) is 5.56 Å². The van der Waals surface area contributed by atoms with Gasteiger partial charge in [0.2, 0.25) is 0 Å². The van der Waals surface area contributed by atoms with Gasteiger partial charge in [-0.2, -0.15) is 0 Å². The molecule has 5 nitrogen and oxygen atoms in total. The lowest BCUT2D eigenvalue weighted by Crippen LogP contribution is -2.51. The second-order valence-electron chi connectivity index (χ2n) is 7.00. The molecule has 0 spiro atoms. The highest BCUT2D eigenvalue weighted by molar-refractivity contribution is 5.81. The fourth-order valence-corrected chi connectivity index (χ4v) is 3.30. The summed E-state index contributed by atoms with van der Waals surface area (Å²) in [5, 5.41) is 0. The average molecular weight is 344 g/mol. The number of nitrogens with zero attached hydrogens (tertiary/aromatic N) is 2. The number of benzene rings is 1. The first-order valence-electron chi connectivity index (χ1n) is 9.10. The molecule has 1 aromatic rings. The Kier molecular flexibility index (Phi) is 6.10. The van der Waals surface area contributed by atoms with Gasteiger partial charge in [0, 0.05) is 39.3 Å². The number of carbonyl (C=O) groups excluding carboxylic acids is 1. The summed E-state index contributed by atoms with van der Waals surface area (Å²) in [7, 11) is 0. The third-order valence-corrected chi connectivity index (χ3v) is 4.68. The van der Waals surface area contributed by atoms with E-state index in [1.54, 1.807) is 0 Å². The van der Waals surface area contributed by atoms with Crippen molar-refractivity contribution in [2.24, 2.45) is 0 Å². The lowest BCUT2D eigenvalue weighted by molar-refractivity contribution is -0.142. The number of ether oxygens (including phenoxy) is 2. The van der Waals surface area contributed by atoms with Crippen molar-refractivity contribution in [2.45, 2.75) is 32.4 Å². The van der Waals surface area contributed by atoms with Crippen LogP contribution in [0.2, 0.25) is 0 Å². The standard InChI is InChI=1S/C20H28N2O3/c1-16(2)15-25-18-6-3-5-17(13-18)14-21-8-10-22(11-9-21)20(23)19-7-4-12-24-19/h3,5-6,13,19H,1,4,7-12,14-15H2,2H3/t19-/m1/s1. The molecule has 136 valence electrons. The molecule has 5 heteroatoms. The summed E-state index contributed by atoms with van der Waals surface area (Å²) in [5.74, 6) is 1.06. The first-order chi connectivity index (χ1) is 12.1. The van der Waals surface area contributed by atoms with Gasteiger partial charge in [-0.05, 0) is 43.0 Å². The van der Waals surface area contributed by atoms with Gasteiger partial charge in [0.15, 0.2) is 0 Å². The summed E-state index contributed by atoms with van der Waals surface area (Å²) in [4.78, 5) is 16.7. The van der Waals surface area contributed by atoms with Crippen LogP contribution in [-0.2, 0) is 16.1 Å². The largest absolute Gasteiger partial charge is 0.489 e.